The number of H-pyrrole nitrogens is 1. The molecule has 0 radical (unpaired) electrons. The van der Waals surface area contributed by atoms with Gasteiger partial charge in [-0.2, -0.15) is 13.2 Å². The number of aromatic amines is 1. The summed E-state index contributed by atoms with van der Waals surface area (Å²) in [5, 5.41) is 15.6. The van der Waals surface area contributed by atoms with E-state index in [0.717, 1.165) is 29.7 Å². The van der Waals surface area contributed by atoms with Gasteiger partial charge in [0.1, 0.15) is 0 Å². The highest BCUT2D eigenvalue weighted by Crippen LogP contribution is 2.39. The lowest BCUT2D eigenvalue weighted by molar-refractivity contribution is -0.134. The molecule has 32 heavy (non-hydrogen) atoms. The van der Waals surface area contributed by atoms with E-state index in [1.54, 1.807) is 18.6 Å². The summed E-state index contributed by atoms with van der Waals surface area (Å²) in [5.41, 5.74) is 2.79. The van der Waals surface area contributed by atoms with Crippen molar-refractivity contribution in [1.82, 2.24) is 9.97 Å². The van der Waals surface area contributed by atoms with Gasteiger partial charge in [-0.25, -0.2) is 23.0 Å². The van der Waals surface area contributed by atoms with Gasteiger partial charge in [0.2, 0.25) is 10.0 Å². The molecule has 9 nitrogen and oxygen atoms in total. The van der Waals surface area contributed by atoms with E-state index in [9.17, 15) is 31.2 Å². The molecule has 0 aliphatic heterocycles. The Balaban J connectivity index is 0.000000390. The fourth-order valence-electron chi connectivity index (χ4n) is 3.29. The number of carbonyl (C=O) groups is 2. The summed E-state index contributed by atoms with van der Waals surface area (Å²) in [6.07, 6.45) is 1.91. The number of aromatic nitrogens is 2. The first kappa shape index (κ1) is 24.9. The lowest BCUT2D eigenvalue weighted by atomic mass is 9.80. The number of nitrogens with zero attached hydrogens (tertiary/aromatic N) is 1. The minimum atomic E-state index is -4.78. The first-order chi connectivity index (χ1) is 14.9. The third-order valence-electron chi connectivity index (χ3n) is 4.39. The zero-order valence-corrected chi connectivity index (χ0v) is 17.3. The van der Waals surface area contributed by atoms with Crippen LogP contribution in [0.2, 0.25) is 0 Å². The van der Waals surface area contributed by atoms with Crippen LogP contribution in [0.4, 0.5) is 18.9 Å². The third kappa shape index (κ3) is 7.72. The molecule has 1 heterocycles. The van der Waals surface area contributed by atoms with E-state index in [2.05, 4.69) is 14.7 Å². The number of benzene rings is 1. The van der Waals surface area contributed by atoms with Crippen molar-refractivity contribution in [2.75, 3.05) is 10.5 Å². The lowest BCUT2D eigenvalue weighted by Crippen LogP contribution is -2.28. The topological polar surface area (TPSA) is 149 Å². The van der Waals surface area contributed by atoms with Crippen LogP contribution >= 0.6 is 0 Å². The lowest BCUT2D eigenvalue weighted by Gasteiger charge is -2.27. The second kappa shape index (κ2) is 10.3. The highest BCUT2D eigenvalue weighted by atomic mass is 32.2. The Morgan fingerprint density at radius 1 is 1.22 bits per heavy atom. The first-order valence-electron chi connectivity index (χ1n) is 9.19. The van der Waals surface area contributed by atoms with Crippen LogP contribution in [0.5, 0.6) is 0 Å². The number of hydrogen-bond acceptors (Lipinski definition) is 5. The second-order valence-corrected chi connectivity index (χ2v) is 8.53. The minimum Gasteiger partial charge on any atom is -0.478 e. The number of carboxylic acids is 2. The van der Waals surface area contributed by atoms with E-state index >= 15 is 0 Å². The van der Waals surface area contributed by atoms with E-state index in [1.165, 1.54) is 6.07 Å². The van der Waals surface area contributed by atoms with E-state index in [0.29, 0.717) is 18.6 Å². The Kier molecular flexibility index (Phi) is 8.02. The van der Waals surface area contributed by atoms with Crippen molar-refractivity contribution in [3.63, 3.8) is 0 Å². The molecule has 3 rings (SSSR count). The molecular formula is C19H20F3N3O6S. The predicted octanol–water partition coefficient (Wildman–Crippen LogP) is 2.89. The molecule has 0 fully saturated rings. The fourth-order valence-corrected chi connectivity index (χ4v) is 4.32. The Hall–Kier alpha value is -3.35. The molecule has 1 aliphatic rings. The number of alkyl halides is 3. The molecule has 1 aliphatic carbocycles. The Bertz CT molecular complexity index is 1070. The molecule has 0 amide bonds. The van der Waals surface area contributed by atoms with Crippen molar-refractivity contribution < 1.29 is 41.4 Å². The van der Waals surface area contributed by atoms with E-state index in [4.69, 9.17) is 10.2 Å². The molecule has 0 spiro atoms. The van der Waals surface area contributed by atoms with Gasteiger partial charge >= 0.3 is 18.1 Å². The van der Waals surface area contributed by atoms with Crippen molar-refractivity contribution in [2.45, 2.75) is 31.4 Å². The standard InChI is InChI=1S/C15H16F3N3O2S.C4H4O4/c16-15(17,18)8-24(22,23)21-13-6-2-3-10-11(13)4-1-5-12(10)14-7-19-9-20-14;5-3(6)1-2-4(7)8/h2-3,6-7,9,12,21H,1,4-5,8H2,(H,19,20);1-2H,(H,5,6)(H,7,8)/b;2-1-. The zero-order valence-electron chi connectivity index (χ0n) is 16.5. The van der Waals surface area contributed by atoms with Crippen LogP contribution in [0.25, 0.3) is 0 Å². The van der Waals surface area contributed by atoms with Crippen LogP contribution in [0.15, 0.2) is 42.9 Å². The maximum Gasteiger partial charge on any atom is 0.404 e. The van der Waals surface area contributed by atoms with Crippen LogP contribution in [-0.2, 0) is 26.0 Å². The zero-order chi connectivity index (χ0) is 23.9. The number of halogens is 3. The predicted molar refractivity (Wildman–Crippen MR) is 108 cm³/mol. The van der Waals surface area contributed by atoms with Gasteiger partial charge in [-0.3, -0.25) is 4.72 Å². The average Bonchev–Trinajstić information content (AvgIpc) is 3.19. The van der Waals surface area contributed by atoms with Crippen LogP contribution in [0.1, 0.15) is 35.6 Å². The number of fused-ring (bicyclic) bond motifs is 1. The summed E-state index contributed by atoms with van der Waals surface area (Å²) in [7, 11) is -4.49. The van der Waals surface area contributed by atoms with Crippen LogP contribution < -0.4 is 4.72 Å². The van der Waals surface area contributed by atoms with Gasteiger partial charge in [-0.1, -0.05) is 12.1 Å². The largest absolute Gasteiger partial charge is 0.478 e. The monoisotopic (exact) mass is 475 g/mol. The Morgan fingerprint density at radius 2 is 1.88 bits per heavy atom. The van der Waals surface area contributed by atoms with Gasteiger partial charge in [0.25, 0.3) is 0 Å². The summed E-state index contributed by atoms with van der Waals surface area (Å²) in [6.45, 7) is 0. The highest BCUT2D eigenvalue weighted by Gasteiger charge is 2.36. The van der Waals surface area contributed by atoms with Crippen LogP contribution in [-0.4, -0.2) is 52.5 Å². The normalized spacial score (nSPS) is 16.0. The molecule has 2 aromatic rings. The van der Waals surface area contributed by atoms with Gasteiger partial charge in [0.05, 0.1) is 12.0 Å². The number of sulfonamides is 1. The summed E-state index contributed by atoms with van der Waals surface area (Å²) < 4.78 is 62.9. The second-order valence-electron chi connectivity index (χ2n) is 6.81. The maximum atomic E-state index is 12.4. The van der Waals surface area contributed by atoms with E-state index < -0.39 is 33.9 Å². The van der Waals surface area contributed by atoms with Gasteiger partial charge in [-0.15, -0.1) is 0 Å². The maximum absolute atomic E-state index is 12.4. The molecular weight excluding hydrogens is 455 g/mol. The summed E-state index contributed by atoms with van der Waals surface area (Å²) in [6, 6.07) is 5.03. The summed E-state index contributed by atoms with van der Waals surface area (Å²) >= 11 is 0. The van der Waals surface area contributed by atoms with Crippen molar-refractivity contribution >= 4 is 27.6 Å². The molecule has 1 atom stereocenters. The van der Waals surface area contributed by atoms with Crippen molar-refractivity contribution in [1.29, 1.82) is 0 Å². The van der Waals surface area contributed by atoms with Crippen molar-refractivity contribution in [3.05, 3.63) is 59.7 Å². The number of nitrogens with one attached hydrogen (secondary N) is 2. The summed E-state index contributed by atoms with van der Waals surface area (Å²) in [4.78, 5) is 26.2. The number of carboxylic acid groups (broad SMARTS) is 2. The Labute approximate surface area is 181 Å². The van der Waals surface area contributed by atoms with Crippen molar-refractivity contribution in [3.8, 4) is 0 Å². The number of rotatable bonds is 6. The molecule has 0 saturated carbocycles. The fraction of sp³-hybridized carbons (Fsp3) is 0.316. The van der Waals surface area contributed by atoms with Crippen LogP contribution in [0, 0.1) is 0 Å². The van der Waals surface area contributed by atoms with Gasteiger partial charge in [-0.05, 0) is 36.5 Å². The quantitative estimate of drug-likeness (QED) is 0.469. The minimum absolute atomic E-state index is 0.0309. The summed E-state index contributed by atoms with van der Waals surface area (Å²) in [5.74, 6) is -4.38. The number of imidazole rings is 1. The third-order valence-corrected chi connectivity index (χ3v) is 5.63. The van der Waals surface area contributed by atoms with Gasteiger partial charge in [0, 0.05) is 30.0 Å². The van der Waals surface area contributed by atoms with Gasteiger partial charge < -0.3 is 15.2 Å². The first-order valence-corrected chi connectivity index (χ1v) is 10.8. The van der Waals surface area contributed by atoms with E-state index in [1.807, 2.05) is 6.07 Å². The molecule has 13 heteroatoms. The Morgan fingerprint density at radius 3 is 2.41 bits per heavy atom. The van der Waals surface area contributed by atoms with E-state index in [-0.39, 0.29) is 11.6 Å². The number of hydrogen-bond donors (Lipinski definition) is 4. The number of anilines is 1. The molecule has 174 valence electrons. The number of aliphatic carboxylic acids is 2. The molecule has 1 aromatic heterocycles. The molecule has 0 saturated heterocycles. The molecule has 0 bridgehead atoms. The molecule has 4 N–H and O–H groups in total. The molecule has 1 aromatic carbocycles. The van der Waals surface area contributed by atoms with Gasteiger partial charge in [0.15, 0.2) is 5.75 Å². The SMILES string of the molecule is O=C(O)/C=C\C(=O)O.O=S(=O)(CC(F)(F)F)Nc1cccc2c1CCCC2c1cnc[nH]1. The smallest absolute Gasteiger partial charge is 0.404 e. The average molecular weight is 475 g/mol. The molecule has 1 unspecified atom stereocenters. The van der Waals surface area contributed by atoms with Crippen molar-refractivity contribution in [2.24, 2.45) is 0 Å². The highest BCUT2D eigenvalue weighted by molar-refractivity contribution is 7.92. The van der Waals surface area contributed by atoms with Crippen LogP contribution in [0.3, 0.4) is 0 Å².